The normalized spacial score (nSPS) is 41.1. The predicted octanol–water partition coefficient (Wildman–Crippen LogP) is 3.79. The molecular formula is C18H34N2. The summed E-state index contributed by atoms with van der Waals surface area (Å²) in [5.74, 6) is 2.80. The van der Waals surface area contributed by atoms with E-state index in [4.69, 9.17) is 5.73 Å². The first-order chi connectivity index (χ1) is 9.79. The Balaban J connectivity index is 1.70. The van der Waals surface area contributed by atoms with Gasteiger partial charge in [0.1, 0.15) is 0 Å². The van der Waals surface area contributed by atoms with Crippen LogP contribution in [0.2, 0.25) is 0 Å². The molecule has 1 heterocycles. The van der Waals surface area contributed by atoms with Crippen LogP contribution in [-0.4, -0.2) is 30.1 Å². The summed E-state index contributed by atoms with van der Waals surface area (Å²) < 4.78 is 0. The van der Waals surface area contributed by atoms with Crippen molar-refractivity contribution in [1.29, 1.82) is 0 Å². The summed E-state index contributed by atoms with van der Waals surface area (Å²) in [4.78, 5) is 2.88. The average molecular weight is 278 g/mol. The summed E-state index contributed by atoms with van der Waals surface area (Å²) in [5, 5.41) is 0. The van der Waals surface area contributed by atoms with Gasteiger partial charge in [0.25, 0.3) is 0 Å². The van der Waals surface area contributed by atoms with Gasteiger partial charge >= 0.3 is 0 Å². The van der Waals surface area contributed by atoms with Crippen molar-refractivity contribution in [3.05, 3.63) is 0 Å². The van der Waals surface area contributed by atoms with Crippen LogP contribution in [0.1, 0.15) is 71.1 Å². The van der Waals surface area contributed by atoms with Crippen LogP contribution in [0.4, 0.5) is 0 Å². The van der Waals surface area contributed by atoms with Gasteiger partial charge in [0.2, 0.25) is 0 Å². The predicted molar refractivity (Wildman–Crippen MR) is 85.7 cm³/mol. The Morgan fingerprint density at radius 3 is 2.60 bits per heavy atom. The van der Waals surface area contributed by atoms with Crippen molar-refractivity contribution in [3.8, 4) is 0 Å². The van der Waals surface area contributed by atoms with Crippen molar-refractivity contribution in [2.45, 2.75) is 83.2 Å². The summed E-state index contributed by atoms with van der Waals surface area (Å²) in [5.41, 5.74) is 6.26. The highest BCUT2D eigenvalue weighted by atomic mass is 15.2. The van der Waals surface area contributed by atoms with Crippen molar-refractivity contribution in [3.63, 3.8) is 0 Å². The number of rotatable bonds is 3. The largest absolute Gasteiger partial charge is 0.329 e. The lowest BCUT2D eigenvalue weighted by Gasteiger charge is -2.50. The van der Waals surface area contributed by atoms with Gasteiger partial charge in [-0.3, -0.25) is 4.90 Å². The van der Waals surface area contributed by atoms with Crippen molar-refractivity contribution >= 4 is 0 Å². The second-order valence-corrected chi connectivity index (χ2v) is 7.83. The van der Waals surface area contributed by atoms with E-state index in [2.05, 4.69) is 11.8 Å². The van der Waals surface area contributed by atoms with E-state index in [1.54, 1.807) is 0 Å². The van der Waals surface area contributed by atoms with E-state index in [-0.39, 0.29) is 0 Å². The maximum Gasteiger partial charge on any atom is 0.0249 e. The molecule has 0 bridgehead atoms. The van der Waals surface area contributed by atoms with Crippen LogP contribution in [-0.2, 0) is 0 Å². The first-order valence-corrected chi connectivity index (χ1v) is 9.25. The second-order valence-electron chi connectivity index (χ2n) is 7.83. The highest BCUT2D eigenvalue weighted by Gasteiger charge is 2.39. The van der Waals surface area contributed by atoms with E-state index in [0.29, 0.717) is 6.04 Å². The molecule has 3 fully saturated rings. The minimum absolute atomic E-state index is 0.684. The fourth-order valence-corrected chi connectivity index (χ4v) is 5.50. The molecule has 1 saturated heterocycles. The monoisotopic (exact) mass is 278 g/mol. The van der Waals surface area contributed by atoms with Gasteiger partial charge in [0.05, 0.1) is 0 Å². The highest BCUT2D eigenvalue weighted by Crippen LogP contribution is 2.40. The number of nitrogens with zero attached hydrogens (tertiary/aromatic N) is 1. The molecule has 2 N–H and O–H groups in total. The molecule has 2 aliphatic carbocycles. The third-order valence-electron chi connectivity index (χ3n) is 6.47. The van der Waals surface area contributed by atoms with Crippen LogP contribution < -0.4 is 5.73 Å². The van der Waals surface area contributed by atoms with Gasteiger partial charge in [-0.1, -0.05) is 32.6 Å². The lowest BCUT2D eigenvalue weighted by Crippen LogP contribution is -2.56. The maximum absolute atomic E-state index is 6.26. The molecule has 0 spiro atoms. The van der Waals surface area contributed by atoms with Crippen LogP contribution in [0.5, 0.6) is 0 Å². The number of fused-ring (bicyclic) bond motifs is 1. The van der Waals surface area contributed by atoms with Crippen molar-refractivity contribution < 1.29 is 0 Å². The molecular weight excluding hydrogens is 244 g/mol. The molecule has 0 aromatic heterocycles. The van der Waals surface area contributed by atoms with Gasteiger partial charge in [0, 0.05) is 18.6 Å². The Kier molecular flexibility index (Phi) is 5.04. The number of nitrogens with two attached hydrogens (primary N) is 1. The SMILES string of the molecule is CC1CCCC(C(CN)N2CCC[C@H]3CCCC[C@H]32)C1. The minimum Gasteiger partial charge on any atom is -0.329 e. The van der Waals surface area contributed by atoms with Gasteiger partial charge in [-0.25, -0.2) is 0 Å². The number of piperidine rings is 1. The van der Waals surface area contributed by atoms with Crippen LogP contribution in [0, 0.1) is 17.8 Å². The molecule has 2 nitrogen and oxygen atoms in total. The van der Waals surface area contributed by atoms with Gasteiger partial charge in [0.15, 0.2) is 0 Å². The average Bonchev–Trinajstić information content (AvgIpc) is 2.48. The minimum atomic E-state index is 0.684. The quantitative estimate of drug-likeness (QED) is 0.851. The molecule has 1 aliphatic heterocycles. The van der Waals surface area contributed by atoms with E-state index in [0.717, 1.165) is 30.3 Å². The number of hydrogen-bond donors (Lipinski definition) is 1. The van der Waals surface area contributed by atoms with Crippen molar-refractivity contribution in [2.24, 2.45) is 23.5 Å². The van der Waals surface area contributed by atoms with Crippen LogP contribution in [0.3, 0.4) is 0 Å². The summed E-state index contributed by atoms with van der Waals surface area (Å²) in [6, 6.07) is 1.56. The van der Waals surface area contributed by atoms with Crippen LogP contribution in [0.25, 0.3) is 0 Å². The lowest BCUT2D eigenvalue weighted by atomic mass is 9.74. The topological polar surface area (TPSA) is 29.3 Å². The zero-order valence-corrected chi connectivity index (χ0v) is 13.4. The van der Waals surface area contributed by atoms with Gasteiger partial charge in [-0.05, 0) is 62.8 Å². The first kappa shape index (κ1) is 14.8. The van der Waals surface area contributed by atoms with E-state index in [1.807, 2.05) is 0 Å². The molecule has 2 saturated carbocycles. The Morgan fingerprint density at radius 2 is 1.80 bits per heavy atom. The van der Waals surface area contributed by atoms with Gasteiger partial charge in [-0.2, -0.15) is 0 Å². The second kappa shape index (κ2) is 6.79. The zero-order chi connectivity index (χ0) is 13.9. The van der Waals surface area contributed by atoms with Crippen molar-refractivity contribution in [1.82, 2.24) is 4.90 Å². The Morgan fingerprint density at radius 1 is 1.00 bits per heavy atom. The molecule has 0 amide bonds. The first-order valence-electron chi connectivity index (χ1n) is 9.25. The summed E-state index contributed by atoms with van der Waals surface area (Å²) >= 11 is 0. The van der Waals surface area contributed by atoms with E-state index in [1.165, 1.54) is 70.8 Å². The molecule has 2 heteroatoms. The third kappa shape index (κ3) is 3.06. The number of hydrogen-bond acceptors (Lipinski definition) is 2. The van der Waals surface area contributed by atoms with Gasteiger partial charge < -0.3 is 5.73 Å². The smallest absolute Gasteiger partial charge is 0.0249 e. The molecule has 5 atom stereocenters. The van der Waals surface area contributed by atoms with Crippen LogP contribution in [0.15, 0.2) is 0 Å². The fraction of sp³-hybridized carbons (Fsp3) is 1.00. The Hall–Kier alpha value is -0.0800. The molecule has 0 aromatic carbocycles. The third-order valence-corrected chi connectivity index (χ3v) is 6.47. The van der Waals surface area contributed by atoms with Crippen LogP contribution >= 0.6 is 0 Å². The highest BCUT2D eigenvalue weighted by molar-refractivity contribution is 4.94. The van der Waals surface area contributed by atoms with E-state index >= 15 is 0 Å². The molecule has 0 aromatic rings. The summed E-state index contributed by atoms with van der Waals surface area (Å²) in [7, 11) is 0. The molecule has 116 valence electrons. The van der Waals surface area contributed by atoms with Crippen molar-refractivity contribution in [2.75, 3.05) is 13.1 Å². The summed E-state index contributed by atoms with van der Waals surface area (Å²) in [6.45, 7) is 4.66. The molecule has 3 aliphatic rings. The summed E-state index contributed by atoms with van der Waals surface area (Å²) in [6.07, 6.45) is 14.5. The number of likely N-dealkylation sites (tertiary alicyclic amines) is 1. The van der Waals surface area contributed by atoms with E-state index < -0.39 is 0 Å². The molecule has 3 rings (SSSR count). The Labute approximate surface area is 125 Å². The Bertz CT molecular complexity index is 302. The molecule has 20 heavy (non-hydrogen) atoms. The fourth-order valence-electron chi connectivity index (χ4n) is 5.50. The molecule has 3 unspecified atom stereocenters. The maximum atomic E-state index is 6.26. The lowest BCUT2D eigenvalue weighted by molar-refractivity contribution is -0.00259. The van der Waals surface area contributed by atoms with E-state index in [9.17, 15) is 0 Å². The van der Waals surface area contributed by atoms with Gasteiger partial charge in [-0.15, -0.1) is 0 Å². The molecule has 0 radical (unpaired) electrons. The zero-order valence-electron chi connectivity index (χ0n) is 13.4. The standard InChI is InChI=1S/C18H34N2/c1-14-6-4-8-16(12-14)18(13-19)20-11-5-9-15-7-2-3-10-17(15)20/h14-18H,2-13,19H2,1H3/t14?,15-,16?,17-,18?/m1/s1.